The van der Waals surface area contributed by atoms with E-state index in [9.17, 15) is 5.11 Å². The van der Waals surface area contributed by atoms with Gasteiger partial charge in [0.15, 0.2) is 5.58 Å². The van der Waals surface area contributed by atoms with Crippen molar-refractivity contribution in [2.45, 2.75) is 37.8 Å². The van der Waals surface area contributed by atoms with Crippen LogP contribution in [0.15, 0.2) is 40.2 Å². The van der Waals surface area contributed by atoms with Crippen molar-refractivity contribution in [3.05, 3.63) is 35.7 Å². The normalized spacial score (nSPS) is 25.7. The number of ether oxygens (including phenoxy) is 1. The fourth-order valence-corrected chi connectivity index (χ4v) is 5.45. The minimum absolute atomic E-state index is 0.327. The third-order valence-corrected chi connectivity index (χ3v) is 6.87. The quantitative estimate of drug-likeness (QED) is 0.691. The number of hydrogen-bond donors (Lipinski definition) is 1. The van der Waals surface area contributed by atoms with Gasteiger partial charge in [-0.05, 0) is 68.3 Å². The lowest BCUT2D eigenvalue weighted by Crippen LogP contribution is -2.40. The van der Waals surface area contributed by atoms with Crippen LogP contribution in [0.1, 0.15) is 25.7 Å². The number of aliphatic hydroxyl groups is 1. The standard InChI is InChI=1S/C21H24N2O3S/c24-16(12-18-14-4-2-8-23(18)9-6-14)13-25-17-5-1-3-15(11-17)20-21-19(26-22-20)7-10-27-21/h1,3,5,7,10-11,14,16,18,24H,2,4,6,8-9,12-13H2. The van der Waals surface area contributed by atoms with Gasteiger partial charge in [0.05, 0.1) is 6.10 Å². The summed E-state index contributed by atoms with van der Waals surface area (Å²) in [7, 11) is 0. The van der Waals surface area contributed by atoms with Crippen molar-refractivity contribution >= 4 is 21.6 Å². The highest BCUT2D eigenvalue weighted by molar-refractivity contribution is 7.17. The van der Waals surface area contributed by atoms with Gasteiger partial charge < -0.3 is 19.3 Å². The fraction of sp³-hybridized carbons (Fsp3) is 0.476. The summed E-state index contributed by atoms with van der Waals surface area (Å²) in [6.07, 6.45) is 4.28. The molecule has 0 spiro atoms. The van der Waals surface area contributed by atoms with Crippen molar-refractivity contribution in [3.8, 4) is 17.0 Å². The third kappa shape index (κ3) is 3.37. The highest BCUT2D eigenvalue weighted by atomic mass is 32.1. The maximum absolute atomic E-state index is 10.5. The highest BCUT2D eigenvalue weighted by Gasteiger charge is 2.37. The van der Waals surface area contributed by atoms with Crippen molar-refractivity contribution in [1.29, 1.82) is 0 Å². The molecule has 4 unspecified atom stereocenters. The van der Waals surface area contributed by atoms with Crippen LogP contribution >= 0.6 is 11.3 Å². The Balaban J connectivity index is 1.23. The maximum Gasteiger partial charge on any atom is 0.178 e. The smallest absolute Gasteiger partial charge is 0.178 e. The molecule has 2 fully saturated rings. The van der Waals surface area contributed by atoms with Gasteiger partial charge in [0, 0.05) is 11.6 Å². The monoisotopic (exact) mass is 384 g/mol. The van der Waals surface area contributed by atoms with E-state index < -0.39 is 6.10 Å². The second kappa shape index (κ2) is 7.26. The molecule has 0 aliphatic carbocycles. The first kappa shape index (κ1) is 17.2. The van der Waals surface area contributed by atoms with Gasteiger partial charge in [-0.15, -0.1) is 11.3 Å². The number of fused-ring (bicyclic) bond motifs is 3. The highest BCUT2D eigenvalue weighted by Crippen LogP contribution is 2.36. The van der Waals surface area contributed by atoms with Crippen LogP contribution in [0.2, 0.25) is 0 Å². The molecule has 2 bridgehead atoms. The number of aliphatic hydroxyl groups excluding tert-OH is 1. The Morgan fingerprint density at radius 3 is 3.19 bits per heavy atom. The van der Waals surface area contributed by atoms with E-state index in [1.54, 1.807) is 11.3 Å². The minimum Gasteiger partial charge on any atom is -0.491 e. The first-order valence-electron chi connectivity index (χ1n) is 9.76. The van der Waals surface area contributed by atoms with Crippen molar-refractivity contribution in [3.63, 3.8) is 0 Å². The summed E-state index contributed by atoms with van der Waals surface area (Å²) in [5.74, 6) is 1.52. The first-order valence-corrected chi connectivity index (χ1v) is 10.6. The van der Waals surface area contributed by atoms with Crippen LogP contribution in [0.3, 0.4) is 0 Å². The molecule has 0 saturated carbocycles. The molecule has 1 aromatic carbocycles. The number of hydrogen-bond acceptors (Lipinski definition) is 6. The van der Waals surface area contributed by atoms with Crippen LogP contribution in [-0.2, 0) is 0 Å². The maximum atomic E-state index is 10.5. The fourth-order valence-electron chi connectivity index (χ4n) is 4.63. The third-order valence-electron chi connectivity index (χ3n) is 5.96. The molecule has 0 radical (unpaired) electrons. The van der Waals surface area contributed by atoms with Crippen LogP contribution in [0, 0.1) is 5.92 Å². The molecule has 4 atom stereocenters. The summed E-state index contributed by atoms with van der Waals surface area (Å²) in [5, 5.41) is 16.7. The number of thiophene rings is 1. The van der Waals surface area contributed by atoms with Crippen molar-refractivity contribution < 1.29 is 14.4 Å². The van der Waals surface area contributed by atoms with E-state index >= 15 is 0 Å². The van der Waals surface area contributed by atoms with Gasteiger partial charge >= 0.3 is 0 Å². The van der Waals surface area contributed by atoms with Gasteiger partial charge in [0.1, 0.15) is 22.8 Å². The summed E-state index contributed by atoms with van der Waals surface area (Å²) in [5.41, 5.74) is 2.63. The van der Waals surface area contributed by atoms with E-state index in [0.717, 1.165) is 39.6 Å². The van der Waals surface area contributed by atoms with Crippen LogP contribution in [0.4, 0.5) is 0 Å². The second-order valence-electron chi connectivity index (χ2n) is 7.67. The summed E-state index contributed by atoms with van der Waals surface area (Å²) in [6.45, 7) is 2.71. The molecule has 0 amide bonds. The summed E-state index contributed by atoms with van der Waals surface area (Å²) >= 11 is 1.62. The Labute approximate surface area is 162 Å². The number of piperidine rings is 1. The van der Waals surface area contributed by atoms with E-state index in [0.29, 0.717) is 12.6 Å². The van der Waals surface area contributed by atoms with Crippen LogP contribution in [0.5, 0.6) is 5.75 Å². The molecule has 3 aromatic rings. The van der Waals surface area contributed by atoms with Crippen molar-refractivity contribution in [2.24, 2.45) is 5.92 Å². The van der Waals surface area contributed by atoms with Gasteiger partial charge in [0.2, 0.25) is 0 Å². The molecule has 1 N–H and O–H groups in total. The van der Waals surface area contributed by atoms with Gasteiger partial charge in [-0.3, -0.25) is 0 Å². The Hall–Kier alpha value is -1.89. The Morgan fingerprint density at radius 1 is 1.30 bits per heavy atom. The predicted octanol–water partition coefficient (Wildman–Crippen LogP) is 4.17. The first-order chi connectivity index (χ1) is 13.3. The molecule has 2 saturated heterocycles. The topological polar surface area (TPSA) is 58.7 Å². The van der Waals surface area contributed by atoms with Crippen LogP contribution < -0.4 is 4.74 Å². The lowest BCUT2D eigenvalue weighted by Gasteiger charge is -2.34. The molecular weight excluding hydrogens is 360 g/mol. The SMILES string of the molecule is OC(COc1cccc(-c2noc3ccsc23)c1)CC1C2CCCN1CC2. The molecule has 6 heteroatoms. The molecule has 4 heterocycles. The molecule has 142 valence electrons. The van der Waals surface area contributed by atoms with Gasteiger partial charge in [0.25, 0.3) is 0 Å². The number of aromatic nitrogens is 1. The Kier molecular flexibility index (Phi) is 4.63. The molecule has 2 aromatic heterocycles. The van der Waals surface area contributed by atoms with Gasteiger partial charge in [-0.2, -0.15) is 0 Å². The lowest BCUT2D eigenvalue weighted by molar-refractivity contribution is 0.0558. The Morgan fingerprint density at radius 2 is 2.26 bits per heavy atom. The van der Waals surface area contributed by atoms with Gasteiger partial charge in [-0.1, -0.05) is 17.3 Å². The molecular formula is C21H24N2O3S. The van der Waals surface area contributed by atoms with E-state index in [1.165, 1.54) is 32.4 Å². The van der Waals surface area contributed by atoms with Crippen molar-refractivity contribution in [1.82, 2.24) is 10.1 Å². The number of nitrogens with zero attached hydrogens (tertiary/aromatic N) is 2. The van der Waals surface area contributed by atoms with Crippen LogP contribution in [0.25, 0.3) is 21.5 Å². The zero-order valence-electron chi connectivity index (χ0n) is 15.2. The molecule has 2 aliphatic rings. The predicted molar refractivity (Wildman–Crippen MR) is 106 cm³/mol. The lowest BCUT2D eigenvalue weighted by atomic mass is 9.89. The zero-order valence-corrected chi connectivity index (χ0v) is 16.0. The van der Waals surface area contributed by atoms with Crippen LogP contribution in [-0.4, -0.2) is 47.0 Å². The molecule has 5 nitrogen and oxygen atoms in total. The van der Waals surface area contributed by atoms with E-state index in [-0.39, 0.29) is 0 Å². The molecule has 2 aliphatic heterocycles. The minimum atomic E-state index is -0.434. The zero-order chi connectivity index (χ0) is 18.2. The largest absolute Gasteiger partial charge is 0.491 e. The average molecular weight is 385 g/mol. The number of benzene rings is 1. The molecule has 27 heavy (non-hydrogen) atoms. The van der Waals surface area contributed by atoms with E-state index in [1.807, 2.05) is 35.7 Å². The second-order valence-corrected chi connectivity index (χ2v) is 8.58. The van der Waals surface area contributed by atoms with Crippen molar-refractivity contribution in [2.75, 3.05) is 19.7 Å². The van der Waals surface area contributed by atoms with E-state index in [4.69, 9.17) is 9.26 Å². The summed E-state index contributed by atoms with van der Waals surface area (Å²) in [6, 6.07) is 10.3. The number of rotatable bonds is 6. The molecule has 5 rings (SSSR count). The Bertz CT molecular complexity index is 905. The summed E-state index contributed by atoms with van der Waals surface area (Å²) in [4.78, 5) is 2.55. The summed E-state index contributed by atoms with van der Waals surface area (Å²) < 4.78 is 12.3. The average Bonchev–Trinajstić information content (AvgIpc) is 3.34. The van der Waals surface area contributed by atoms with E-state index in [2.05, 4.69) is 10.1 Å². The van der Waals surface area contributed by atoms with Gasteiger partial charge in [-0.25, -0.2) is 0 Å².